The van der Waals surface area contributed by atoms with Gasteiger partial charge in [-0.15, -0.1) is 0 Å². The van der Waals surface area contributed by atoms with E-state index in [4.69, 9.17) is 9.84 Å². The van der Waals surface area contributed by atoms with Crippen molar-refractivity contribution in [1.29, 1.82) is 0 Å². The molecule has 7 heteroatoms. The molecule has 2 rings (SSSR count). The van der Waals surface area contributed by atoms with E-state index in [-0.39, 0.29) is 31.1 Å². The van der Waals surface area contributed by atoms with Gasteiger partial charge in [-0.3, -0.25) is 4.79 Å². The van der Waals surface area contributed by atoms with Gasteiger partial charge >= 0.3 is 11.9 Å². The molecule has 0 aromatic carbocycles. The predicted octanol–water partition coefficient (Wildman–Crippen LogP) is 4.10. The molecular formula is C20H34F2O5. The summed E-state index contributed by atoms with van der Waals surface area (Å²) in [5.74, 6) is -6.48. The number of alkyl halides is 2. The number of halogens is 2. The molecule has 1 aliphatic heterocycles. The topological polar surface area (TPSA) is 87.0 Å². The second-order valence-electron chi connectivity index (χ2n) is 8.26. The molecule has 0 amide bonds. The Labute approximate surface area is 160 Å². The highest BCUT2D eigenvalue weighted by Crippen LogP contribution is 2.50. The summed E-state index contributed by atoms with van der Waals surface area (Å²) >= 11 is 0. The summed E-state index contributed by atoms with van der Waals surface area (Å²) in [5.41, 5.74) is 0. The van der Waals surface area contributed by atoms with Gasteiger partial charge in [0.05, 0.1) is 12.2 Å². The van der Waals surface area contributed by atoms with E-state index < -0.39 is 29.9 Å². The Kier molecular flexibility index (Phi) is 8.01. The monoisotopic (exact) mass is 392 g/mol. The normalized spacial score (nSPS) is 33.8. The molecule has 2 aliphatic rings. The highest BCUT2D eigenvalue weighted by atomic mass is 19.3. The fraction of sp³-hybridized carbons (Fsp3) is 0.950. The number of rotatable bonds is 11. The fourth-order valence-electron chi connectivity index (χ4n) is 4.64. The van der Waals surface area contributed by atoms with E-state index >= 15 is 0 Å². The molecule has 0 aromatic rings. The van der Waals surface area contributed by atoms with E-state index in [1.807, 2.05) is 6.92 Å². The van der Waals surface area contributed by atoms with Crippen LogP contribution in [0.4, 0.5) is 8.78 Å². The molecule has 0 radical (unpaired) electrons. The Morgan fingerprint density at radius 2 is 1.93 bits per heavy atom. The third kappa shape index (κ3) is 5.61. The molecule has 0 bridgehead atoms. The first-order valence-electron chi connectivity index (χ1n) is 10.4. The maximum atomic E-state index is 14.4. The molecule has 1 saturated carbocycles. The number of ether oxygens (including phenoxy) is 1. The lowest BCUT2D eigenvalue weighted by Crippen LogP contribution is -2.55. The predicted molar refractivity (Wildman–Crippen MR) is 96.5 cm³/mol. The Morgan fingerprint density at radius 3 is 2.59 bits per heavy atom. The van der Waals surface area contributed by atoms with Crippen molar-refractivity contribution in [2.75, 3.05) is 0 Å². The number of hydrogen-bond donors (Lipinski definition) is 3. The van der Waals surface area contributed by atoms with Crippen LogP contribution in [0.5, 0.6) is 0 Å². The molecule has 3 unspecified atom stereocenters. The summed E-state index contributed by atoms with van der Waals surface area (Å²) in [6.07, 6.45) is 4.30. The average molecular weight is 392 g/mol. The SMILES string of the molecule is CCCCC(F)(F)[C@@]1(O)CCC2C(CC(O)[C@@H]2CCCCCCC(=O)O)O1. The van der Waals surface area contributed by atoms with E-state index in [0.717, 1.165) is 25.7 Å². The van der Waals surface area contributed by atoms with Crippen LogP contribution in [0.25, 0.3) is 0 Å². The van der Waals surface area contributed by atoms with Gasteiger partial charge in [-0.1, -0.05) is 32.6 Å². The molecule has 5 nitrogen and oxygen atoms in total. The zero-order valence-corrected chi connectivity index (χ0v) is 16.2. The van der Waals surface area contributed by atoms with Gasteiger partial charge in [-0.2, -0.15) is 0 Å². The summed E-state index contributed by atoms with van der Waals surface area (Å²) in [6, 6.07) is 0. The number of carbonyl (C=O) groups is 1. The van der Waals surface area contributed by atoms with Crippen LogP contribution in [0.3, 0.4) is 0 Å². The first-order chi connectivity index (χ1) is 12.7. The fourth-order valence-corrected chi connectivity index (χ4v) is 4.64. The van der Waals surface area contributed by atoms with Crippen molar-refractivity contribution in [3.05, 3.63) is 0 Å². The molecule has 27 heavy (non-hydrogen) atoms. The van der Waals surface area contributed by atoms with E-state index in [9.17, 15) is 23.8 Å². The number of aliphatic hydroxyl groups excluding tert-OH is 1. The van der Waals surface area contributed by atoms with Crippen LogP contribution in [0.1, 0.15) is 84.0 Å². The van der Waals surface area contributed by atoms with Crippen LogP contribution in [-0.2, 0) is 9.53 Å². The van der Waals surface area contributed by atoms with Crippen LogP contribution < -0.4 is 0 Å². The minimum Gasteiger partial charge on any atom is -0.481 e. The van der Waals surface area contributed by atoms with E-state index in [1.165, 1.54) is 0 Å². The molecule has 1 saturated heterocycles. The van der Waals surface area contributed by atoms with Crippen LogP contribution in [-0.4, -0.2) is 45.2 Å². The molecule has 0 spiro atoms. The first kappa shape index (κ1) is 22.5. The first-order valence-corrected chi connectivity index (χ1v) is 10.4. The van der Waals surface area contributed by atoms with Crippen molar-refractivity contribution in [3.63, 3.8) is 0 Å². The molecule has 3 N–H and O–H groups in total. The van der Waals surface area contributed by atoms with Crippen molar-refractivity contribution in [3.8, 4) is 0 Å². The third-order valence-corrected chi connectivity index (χ3v) is 6.25. The number of aliphatic carboxylic acids is 1. The van der Waals surface area contributed by atoms with E-state index in [1.54, 1.807) is 0 Å². The van der Waals surface area contributed by atoms with Gasteiger partial charge < -0.3 is 20.1 Å². The van der Waals surface area contributed by atoms with Crippen molar-refractivity contribution in [2.45, 2.75) is 108 Å². The number of hydrogen-bond acceptors (Lipinski definition) is 4. The smallest absolute Gasteiger partial charge is 0.303 e. The second kappa shape index (κ2) is 9.61. The summed E-state index contributed by atoms with van der Waals surface area (Å²) in [4.78, 5) is 10.5. The minimum atomic E-state index is -3.28. The number of carboxylic acids is 1. The lowest BCUT2D eigenvalue weighted by atomic mass is 9.81. The number of fused-ring (bicyclic) bond motifs is 1. The summed E-state index contributed by atoms with van der Waals surface area (Å²) < 4.78 is 34.4. The van der Waals surface area contributed by atoms with Gasteiger partial charge in [0.25, 0.3) is 0 Å². The van der Waals surface area contributed by atoms with Gasteiger partial charge in [0.1, 0.15) is 0 Å². The maximum Gasteiger partial charge on any atom is 0.303 e. The molecule has 1 aliphatic carbocycles. The van der Waals surface area contributed by atoms with Crippen molar-refractivity contribution in [1.82, 2.24) is 0 Å². The quantitative estimate of drug-likeness (QED) is 0.461. The lowest BCUT2D eigenvalue weighted by Gasteiger charge is -2.44. The molecule has 1 heterocycles. The highest BCUT2D eigenvalue weighted by molar-refractivity contribution is 5.66. The van der Waals surface area contributed by atoms with Gasteiger partial charge in [0, 0.05) is 25.7 Å². The van der Waals surface area contributed by atoms with Crippen molar-refractivity contribution >= 4 is 5.97 Å². The van der Waals surface area contributed by atoms with Gasteiger partial charge in [-0.25, -0.2) is 8.78 Å². The van der Waals surface area contributed by atoms with Gasteiger partial charge in [0.15, 0.2) is 0 Å². The third-order valence-electron chi connectivity index (χ3n) is 6.25. The van der Waals surface area contributed by atoms with Crippen LogP contribution >= 0.6 is 0 Å². The summed E-state index contributed by atoms with van der Waals surface area (Å²) in [5, 5.41) is 29.5. The van der Waals surface area contributed by atoms with Crippen LogP contribution in [0.15, 0.2) is 0 Å². The largest absolute Gasteiger partial charge is 0.481 e. The molecule has 158 valence electrons. The van der Waals surface area contributed by atoms with Gasteiger partial charge in [0.2, 0.25) is 5.79 Å². The van der Waals surface area contributed by atoms with Crippen LogP contribution in [0, 0.1) is 11.8 Å². The minimum absolute atomic E-state index is 0.00118. The van der Waals surface area contributed by atoms with E-state index in [0.29, 0.717) is 32.1 Å². The van der Waals surface area contributed by atoms with Gasteiger partial charge in [-0.05, 0) is 37.5 Å². The number of aliphatic hydroxyl groups is 2. The Hall–Kier alpha value is -0.790. The Morgan fingerprint density at radius 1 is 1.22 bits per heavy atom. The molecule has 2 fully saturated rings. The maximum absolute atomic E-state index is 14.4. The number of carboxylic acid groups (broad SMARTS) is 1. The summed E-state index contributed by atoms with van der Waals surface area (Å²) in [6.45, 7) is 1.83. The van der Waals surface area contributed by atoms with Crippen LogP contribution in [0.2, 0.25) is 0 Å². The van der Waals surface area contributed by atoms with Crippen molar-refractivity contribution < 1.29 is 33.6 Å². The molecule has 0 aromatic heterocycles. The van der Waals surface area contributed by atoms with Crippen molar-refractivity contribution in [2.24, 2.45) is 11.8 Å². The lowest BCUT2D eigenvalue weighted by molar-refractivity contribution is -0.356. The average Bonchev–Trinajstić information content (AvgIpc) is 2.90. The molecule has 5 atom stereocenters. The van der Waals surface area contributed by atoms with E-state index in [2.05, 4.69) is 0 Å². The standard InChI is InChI=1S/C20H34F2O5/c1-2-3-11-19(21,22)20(26)12-10-15-14(16(23)13-17(15)27-20)8-6-4-5-7-9-18(24)25/h14-17,23,26H,2-13H2,1H3,(H,24,25)/t14-,15?,16?,17?,20-/m1/s1. The Bertz CT molecular complexity index is 487. The number of unbranched alkanes of at least 4 members (excludes halogenated alkanes) is 4. The zero-order valence-electron chi connectivity index (χ0n) is 16.2. The molecular weight excluding hydrogens is 358 g/mol. The highest BCUT2D eigenvalue weighted by Gasteiger charge is 2.59. The second-order valence-corrected chi connectivity index (χ2v) is 8.26. The summed E-state index contributed by atoms with van der Waals surface area (Å²) in [7, 11) is 0. The zero-order chi connectivity index (χ0) is 20.1. The Balaban J connectivity index is 1.83.